The van der Waals surface area contributed by atoms with Gasteiger partial charge in [-0.3, -0.25) is 0 Å². The second-order valence-electron chi connectivity index (χ2n) is 6.66. The van der Waals surface area contributed by atoms with Crippen molar-refractivity contribution in [1.82, 2.24) is 4.90 Å². The Morgan fingerprint density at radius 2 is 1.70 bits per heavy atom. The lowest BCUT2D eigenvalue weighted by Crippen LogP contribution is -2.59. The molecule has 0 aliphatic carbocycles. The molecule has 1 aromatic rings. The third kappa shape index (κ3) is 3.23. The molecule has 0 saturated carbocycles. The van der Waals surface area contributed by atoms with E-state index in [1.807, 2.05) is 23.1 Å². The van der Waals surface area contributed by atoms with Gasteiger partial charge < -0.3 is 9.47 Å². The van der Waals surface area contributed by atoms with E-state index in [9.17, 15) is 9.59 Å². The van der Waals surface area contributed by atoms with E-state index in [4.69, 9.17) is 9.47 Å². The van der Waals surface area contributed by atoms with Crippen LogP contribution in [0, 0.1) is 0 Å². The smallest absolute Gasteiger partial charge is 0.335 e. The SMILES string of the molecule is C[Si](C)(CN1CCCC12OC(=O)C=CC(=O)O2)c1ccccc1. The van der Waals surface area contributed by atoms with Gasteiger partial charge in [0.1, 0.15) is 0 Å². The number of likely N-dealkylation sites (tertiary alicyclic amines) is 1. The lowest BCUT2D eigenvalue weighted by molar-refractivity contribution is -0.265. The first-order chi connectivity index (χ1) is 10.9. The zero-order valence-corrected chi connectivity index (χ0v) is 14.5. The number of benzene rings is 1. The highest BCUT2D eigenvalue weighted by Crippen LogP contribution is 2.34. The van der Waals surface area contributed by atoms with Gasteiger partial charge in [0.2, 0.25) is 0 Å². The van der Waals surface area contributed by atoms with E-state index in [1.54, 1.807) is 0 Å². The van der Waals surface area contributed by atoms with Crippen LogP contribution in [-0.2, 0) is 19.1 Å². The molecular formula is C17H21NO4Si. The number of nitrogens with zero attached hydrogens (tertiary/aromatic N) is 1. The van der Waals surface area contributed by atoms with Crippen molar-refractivity contribution in [3.8, 4) is 0 Å². The molecule has 0 N–H and O–H groups in total. The van der Waals surface area contributed by atoms with Crippen LogP contribution >= 0.6 is 0 Å². The molecule has 5 nitrogen and oxygen atoms in total. The van der Waals surface area contributed by atoms with Gasteiger partial charge in [0.05, 0.1) is 8.07 Å². The first kappa shape index (κ1) is 16.0. The number of carbonyl (C=O) groups excluding carboxylic acids is 2. The average molecular weight is 331 g/mol. The van der Waals surface area contributed by atoms with E-state index in [-0.39, 0.29) is 0 Å². The fourth-order valence-corrected chi connectivity index (χ4v) is 5.88. The van der Waals surface area contributed by atoms with Crippen LogP contribution < -0.4 is 5.19 Å². The Hall–Kier alpha value is -1.92. The molecule has 2 aliphatic rings. The van der Waals surface area contributed by atoms with E-state index in [2.05, 4.69) is 25.2 Å². The Balaban J connectivity index is 1.84. The van der Waals surface area contributed by atoms with Gasteiger partial charge in [0.15, 0.2) is 0 Å². The highest BCUT2D eigenvalue weighted by atomic mass is 28.3. The molecule has 1 aromatic carbocycles. The van der Waals surface area contributed by atoms with Crippen LogP contribution in [0.5, 0.6) is 0 Å². The maximum Gasteiger partial charge on any atom is 0.335 e. The zero-order chi connectivity index (χ0) is 16.5. The summed E-state index contributed by atoms with van der Waals surface area (Å²) in [6.07, 6.45) is 4.38. The van der Waals surface area contributed by atoms with Crippen molar-refractivity contribution in [1.29, 1.82) is 0 Å². The van der Waals surface area contributed by atoms with E-state index in [0.717, 1.165) is 31.3 Å². The molecule has 1 spiro atoms. The van der Waals surface area contributed by atoms with Crippen molar-refractivity contribution in [3.05, 3.63) is 42.5 Å². The van der Waals surface area contributed by atoms with Gasteiger partial charge in [-0.25, -0.2) is 14.5 Å². The zero-order valence-electron chi connectivity index (χ0n) is 13.5. The van der Waals surface area contributed by atoms with Gasteiger partial charge in [-0.05, 0) is 6.42 Å². The highest BCUT2D eigenvalue weighted by Gasteiger charge is 2.50. The van der Waals surface area contributed by atoms with Crippen LogP contribution in [0.3, 0.4) is 0 Å². The van der Waals surface area contributed by atoms with Crippen LogP contribution in [0.4, 0.5) is 0 Å². The second-order valence-corrected chi connectivity index (χ2v) is 11.3. The van der Waals surface area contributed by atoms with Gasteiger partial charge >= 0.3 is 17.8 Å². The molecule has 1 saturated heterocycles. The number of rotatable bonds is 3. The van der Waals surface area contributed by atoms with Crippen LogP contribution in [0.25, 0.3) is 0 Å². The Morgan fingerprint density at radius 1 is 1.09 bits per heavy atom. The average Bonchev–Trinajstić information content (AvgIpc) is 2.79. The summed E-state index contributed by atoms with van der Waals surface area (Å²) in [5.41, 5.74) is 0. The van der Waals surface area contributed by atoms with Crippen molar-refractivity contribution >= 4 is 25.2 Å². The summed E-state index contributed by atoms with van der Waals surface area (Å²) in [6.45, 7) is 5.30. The second kappa shape index (κ2) is 5.94. The van der Waals surface area contributed by atoms with Crippen LogP contribution in [-0.4, -0.2) is 43.5 Å². The minimum absolute atomic E-state index is 0.519. The quantitative estimate of drug-likeness (QED) is 0.621. The maximum absolute atomic E-state index is 11.8. The van der Waals surface area contributed by atoms with Crippen LogP contribution in [0.2, 0.25) is 13.1 Å². The van der Waals surface area contributed by atoms with Gasteiger partial charge in [0, 0.05) is 31.3 Å². The molecule has 2 aliphatic heterocycles. The summed E-state index contributed by atoms with van der Waals surface area (Å²) in [5, 5.41) is 1.33. The minimum atomic E-state index is -1.79. The number of hydrogen-bond acceptors (Lipinski definition) is 5. The summed E-state index contributed by atoms with van der Waals surface area (Å²) in [7, 11) is -1.79. The Morgan fingerprint density at radius 3 is 2.30 bits per heavy atom. The van der Waals surface area contributed by atoms with Gasteiger partial charge in [-0.15, -0.1) is 0 Å². The molecule has 0 amide bonds. The summed E-state index contributed by atoms with van der Waals surface area (Å²) < 4.78 is 11.0. The van der Waals surface area contributed by atoms with Crippen molar-refractivity contribution in [2.75, 3.05) is 12.7 Å². The van der Waals surface area contributed by atoms with Crippen molar-refractivity contribution in [2.45, 2.75) is 31.8 Å². The predicted molar refractivity (Wildman–Crippen MR) is 88.4 cm³/mol. The van der Waals surface area contributed by atoms with E-state index < -0.39 is 25.9 Å². The first-order valence-corrected chi connectivity index (χ1v) is 11.1. The molecule has 0 atom stereocenters. The number of esters is 2. The Kier molecular flexibility index (Phi) is 4.12. The molecule has 122 valence electrons. The summed E-state index contributed by atoms with van der Waals surface area (Å²) >= 11 is 0. The molecule has 0 radical (unpaired) electrons. The molecule has 0 bridgehead atoms. The third-order valence-corrected chi connectivity index (χ3v) is 7.49. The Bertz CT molecular complexity index is 621. The molecular weight excluding hydrogens is 310 g/mol. The largest absolute Gasteiger partial charge is 0.405 e. The first-order valence-electron chi connectivity index (χ1n) is 7.86. The fraction of sp³-hybridized carbons (Fsp3) is 0.412. The predicted octanol–water partition coefficient (Wildman–Crippen LogP) is 1.55. The molecule has 3 rings (SSSR count). The third-order valence-electron chi connectivity index (χ3n) is 4.42. The molecule has 6 heteroatoms. The normalized spacial score (nSPS) is 21.1. The van der Waals surface area contributed by atoms with E-state index in [1.165, 1.54) is 5.19 Å². The molecule has 0 aromatic heterocycles. The summed E-state index contributed by atoms with van der Waals surface area (Å²) in [6, 6.07) is 10.4. The van der Waals surface area contributed by atoms with Crippen molar-refractivity contribution < 1.29 is 19.1 Å². The van der Waals surface area contributed by atoms with E-state index >= 15 is 0 Å². The summed E-state index contributed by atoms with van der Waals surface area (Å²) in [4.78, 5) is 25.7. The van der Waals surface area contributed by atoms with Gasteiger partial charge in [-0.1, -0.05) is 48.6 Å². The van der Waals surface area contributed by atoms with Gasteiger partial charge in [0.25, 0.3) is 0 Å². The number of ether oxygens (including phenoxy) is 2. The lowest BCUT2D eigenvalue weighted by atomic mass is 10.3. The standard InChI is InChI=1S/C17H21NO4Si/c1-23(2,14-7-4-3-5-8-14)13-18-12-6-11-17(18)21-15(19)9-10-16(20)22-17/h3-5,7-10H,6,11-13H2,1-2H3. The van der Waals surface area contributed by atoms with Crippen LogP contribution in [0.15, 0.2) is 42.5 Å². The molecule has 2 heterocycles. The number of carbonyl (C=O) groups is 2. The summed E-state index contributed by atoms with van der Waals surface area (Å²) in [5.74, 6) is -2.29. The van der Waals surface area contributed by atoms with Crippen molar-refractivity contribution in [3.63, 3.8) is 0 Å². The monoisotopic (exact) mass is 331 g/mol. The highest BCUT2D eigenvalue weighted by molar-refractivity contribution is 6.90. The molecule has 0 unspecified atom stereocenters. The lowest BCUT2D eigenvalue weighted by Gasteiger charge is -2.38. The maximum atomic E-state index is 11.8. The molecule has 1 fully saturated rings. The van der Waals surface area contributed by atoms with Crippen LogP contribution in [0.1, 0.15) is 12.8 Å². The fourth-order valence-electron chi connectivity index (χ4n) is 3.25. The minimum Gasteiger partial charge on any atom is -0.405 e. The van der Waals surface area contributed by atoms with Crippen molar-refractivity contribution in [2.24, 2.45) is 0 Å². The molecule has 23 heavy (non-hydrogen) atoms. The van der Waals surface area contributed by atoms with E-state index in [0.29, 0.717) is 6.42 Å². The van der Waals surface area contributed by atoms with Gasteiger partial charge in [-0.2, -0.15) is 0 Å². The number of hydrogen-bond donors (Lipinski definition) is 0. The topological polar surface area (TPSA) is 55.8 Å². The Labute approximate surface area is 136 Å².